The van der Waals surface area contributed by atoms with Gasteiger partial charge in [0, 0.05) is 19.5 Å². The van der Waals surface area contributed by atoms with Crippen molar-refractivity contribution in [2.75, 3.05) is 7.05 Å². The third-order valence-electron chi connectivity index (χ3n) is 4.33. The fourth-order valence-electron chi connectivity index (χ4n) is 2.69. The first kappa shape index (κ1) is 22.6. The van der Waals surface area contributed by atoms with Crippen molar-refractivity contribution in [3.05, 3.63) is 53.6 Å². The number of phenols is 4. The molecule has 1 unspecified atom stereocenters. The van der Waals surface area contributed by atoms with Crippen LogP contribution in [0.4, 0.5) is 0 Å². The van der Waals surface area contributed by atoms with E-state index >= 15 is 0 Å². The molecule has 1 amide bonds. The highest BCUT2D eigenvalue weighted by Crippen LogP contribution is 2.27. The van der Waals surface area contributed by atoms with Crippen LogP contribution in [-0.4, -0.2) is 56.4 Å². The number of benzene rings is 2. The van der Waals surface area contributed by atoms with E-state index in [1.54, 1.807) is 13.8 Å². The fourth-order valence-corrected chi connectivity index (χ4v) is 2.69. The van der Waals surface area contributed by atoms with Crippen LogP contribution in [0, 0.1) is 0 Å². The molecule has 0 fully saturated rings. The second-order valence-electron chi connectivity index (χ2n) is 7.06. The normalized spacial score (nSPS) is 12.1. The van der Waals surface area contributed by atoms with E-state index in [0.717, 1.165) is 0 Å². The van der Waals surface area contributed by atoms with Gasteiger partial charge in [-0.15, -0.1) is 0 Å². The van der Waals surface area contributed by atoms with Gasteiger partial charge in [-0.3, -0.25) is 4.79 Å². The molecule has 2 rings (SSSR count). The Morgan fingerprint density at radius 2 is 1.57 bits per heavy atom. The number of rotatable bonds is 7. The molecule has 0 aliphatic rings. The zero-order valence-electron chi connectivity index (χ0n) is 16.9. The number of likely N-dealkylation sites (N-methyl/N-ethyl adjacent to an activating group) is 1. The van der Waals surface area contributed by atoms with Gasteiger partial charge in [0.15, 0.2) is 23.0 Å². The van der Waals surface area contributed by atoms with Crippen LogP contribution in [0.25, 0.3) is 6.08 Å². The second-order valence-corrected chi connectivity index (χ2v) is 7.06. The summed E-state index contributed by atoms with van der Waals surface area (Å²) in [4.78, 5) is 26.5. The van der Waals surface area contributed by atoms with Gasteiger partial charge >= 0.3 is 5.97 Å². The van der Waals surface area contributed by atoms with Crippen molar-refractivity contribution >= 4 is 18.0 Å². The smallest absolute Gasteiger partial charge is 0.329 e. The number of phenolic OH excluding ortho intramolecular Hbond substituents is 4. The highest BCUT2D eigenvalue weighted by Gasteiger charge is 2.28. The summed E-state index contributed by atoms with van der Waals surface area (Å²) in [6.45, 7) is 3.39. The third kappa shape index (κ3) is 5.91. The number of ether oxygens (including phenoxy) is 1. The summed E-state index contributed by atoms with van der Waals surface area (Å²) in [5.74, 6) is -2.30. The number of nitrogens with zero attached hydrogens (tertiary/aromatic N) is 1. The summed E-state index contributed by atoms with van der Waals surface area (Å²) in [6.07, 6.45) is 2.35. The van der Waals surface area contributed by atoms with E-state index in [-0.39, 0.29) is 35.5 Å². The Kier molecular flexibility index (Phi) is 7.30. The zero-order valence-corrected chi connectivity index (χ0v) is 16.9. The van der Waals surface area contributed by atoms with Crippen LogP contribution in [0.3, 0.4) is 0 Å². The van der Waals surface area contributed by atoms with Crippen molar-refractivity contribution in [1.82, 2.24) is 4.90 Å². The summed E-state index contributed by atoms with van der Waals surface area (Å²) in [5, 5.41) is 38.1. The molecule has 30 heavy (non-hydrogen) atoms. The first-order valence-electron chi connectivity index (χ1n) is 9.26. The van der Waals surface area contributed by atoms with E-state index in [0.29, 0.717) is 11.1 Å². The zero-order chi connectivity index (χ0) is 22.4. The average molecular weight is 415 g/mol. The van der Waals surface area contributed by atoms with E-state index in [1.807, 2.05) is 0 Å². The maximum Gasteiger partial charge on any atom is 0.329 e. The van der Waals surface area contributed by atoms with E-state index in [2.05, 4.69) is 0 Å². The number of hydrogen-bond donors (Lipinski definition) is 4. The summed E-state index contributed by atoms with van der Waals surface area (Å²) < 4.78 is 5.27. The van der Waals surface area contributed by atoms with Gasteiger partial charge in [-0.2, -0.15) is 0 Å². The quantitative estimate of drug-likeness (QED) is 0.311. The number of carbonyl (C=O) groups is 2. The fraction of sp³-hybridized carbons (Fsp3) is 0.273. The predicted octanol–water partition coefficient (Wildman–Crippen LogP) is 2.54. The first-order valence-corrected chi connectivity index (χ1v) is 9.26. The largest absolute Gasteiger partial charge is 0.504 e. The molecule has 0 saturated carbocycles. The Balaban J connectivity index is 2.23. The molecule has 8 heteroatoms. The van der Waals surface area contributed by atoms with Crippen LogP contribution in [0.5, 0.6) is 23.0 Å². The molecule has 0 radical (unpaired) electrons. The van der Waals surface area contributed by atoms with Gasteiger partial charge in [-0.1, -0.05) is 12.1 Å². The molecular formula is C22H25NO7. The minimum absolute atomic E-state index is 0.0650. The summed E-state index contributed by atoms with van der Waals surface area (Å²) in [6, 6.07) is 7.29. The van der Waals surface area contributed by atoms with Crippen molar-refractivity contribution < 1.29 is 34.8 Å². The number of hydrogen-bond acceptors (Lipinski definition) is 7. The van der Waals surface area contributed by atoms with Gasteiger partial charge in [0.1, 0.15) is 6.04 Å². The van der Waals surface area contributed by atoms with Crippen LogP contribution in [0.1, 0.15) is 25.0 Å². The van der Waals surface area contributed by atoms with Crippen molar-refractivity contribution in [2.45, 2.75) is 32.4 Å². The molecule has 0 aliphatic heterocycles. The molecule has 160 valence electrons. The lowest BCUT2D eigenvalue weighted by Gasteiger charge is -2.26. The third-order valence-corrected chi connectivity index (χ3v) is 4.33. The molecule has 0 heterocycles. The lowest BCUT2D eigenvalue weighted by molar-refractivity contribution is -0.156. The molecule has 4 N–H and O–H groups in total. The van der Waals surface area contributed by atoms with Crippen LogP contribution >= 0.6 is 0 Å². The molecule has 0 aliphatic carbocycles. The standard InChI is InChI=1S/C22H25NO7/c1-13(2)30-22(29)16(10-15-5-8-18(25)20(27)12-15)23(3)21(28)9-6-14-4-7-17(24)19(26)11-14/h4-9,11-13,16,24-27H,10H2,1-3H3. The second kappa shape index (κ2) is 9.69. The number of aromatic hydroxyl groups is 4. The minimum Gasteiger partial charge on any atom is -0.504 e. The molecule has 1 atom stereocenters. The van der Waals surface area contributed by atoms with Crippen LogP contribution in [0.15, 0.2) is 42.5 Å². The molecule has 0 spiro atoms. The summed E-state index contributed by atoms with van der Waals surface area (Å²) in [7, 11) is 1.45. The summed E-state index contributed by atoms with van der Waals surface area (Å²) >= 11 is 0. The van der Waals surface area contributed by atoms with Gasteiger partial charge in [-0.05, 0) is 55.3 Å². The van der Waals surface area contributed by atoms with E-state index in [9.17, 15) is 30.0 Å². The van der Waals surface area contributed by atoms with E-state index in [4.69, 9.17) is 4.74 Å². The van der Waals surface area contributed by atoms with Gasteiger partial charge < -0.3 is 30.1 Å². The van der Waals surface area contributed by atoms with Crippen molar-refractivity contribution in [1.29, 1.82) is 0 Å². The first-order chi connectivity index (χ1) is 14.1. The molecule has 0 bridgehead atoms. The highest BCUT2D eigenvalue weighted by atomic mass is 16.5. The Morgan fingerprint density at radius 3 is 2.13 bits per heavy atom. The Bertz CT molecular complexity index is 952. The van der Waals surface area contributed by atoms with Gasteiger partial charge in [0.2, 0.25) is 5.91 Å². The van der Waals surface area contributed by atoms with Crippen molar-refractivity contribution in [2.24, 2.45) is 0 Å². The molecule has 2 aromatic carbocycles. The molecule has 8 nitrogen and oxygen atoms in total. The Labute approximate surface area is 174 Å². The minimum atomic E-state index is -0.971. The van der Waals surface area contributed by atoms with E-state index in [1.165, 1.54) is 60.5 Å². The van der Waals surface area contributed by atoms with Gasteiger partial charge in [0.25, 0.3) is 0 Å². The average Bonchev–Trinajstić information content (AvgIpc) is 2.68. The Morgan fingerprint density at radius 1 is 0.967 bits per heavy atom. The number of esters is 1. The lowest BCUT2D eigenvalue weighted by atomic mass is 10.0. The lowest BCUT2D eigenvalue weighted by Crippen LogP contribution is -2.44. The molecule has 2 aromatic rings. The summed E-state index contributed by atoms with van der Waals surface area (Å²) in [5.41, 5.74) is 1.01. The van der Waals surface area contributed by atoms with Crippen LogP contribution in [0.2, 0.25) is 0 Å². The maximum absolute atomic E-state index is 12.6. The molecule has 0 saturated heterocycles. The van der Waals surface area contributed by atoms with E-state index < -0.39 is 17.9 Å². The van der Waals surface area contributed by atoms with Gasteiger partial charge in [-0.25, -0.2) is 4.79 Å². The Hall–Kier alpha value is -3.68. The molecule has 0 aromatic heterocycles. The highest BCUT2D eigenvalue weighted by molar-refractivity contribution is 5.94. The topological polar surface area (TPSA) is 128 Å². The predicted molar refractivity (Wildman–Crippen MR) is 110 cm³/mol. The van der Waals surface area contributed by atoms with Gasteiger partial charge in [0.05, 0.1) is 6.10 Å². The monoisotopic (exact) mass is 415 g/mol. The number of amides is 1. The number of carbonyl (C=O) groups excluding carboxylic acids is 2. The van der Waals surface area contributed by atoms with Crippen molar-refractivity contribution in [3.63, 3.8) is 0 Å². The van der Waals surface area contributed by atoms with Crippen LogP contribution < -0.4 is 0 Å². The maximum atomic E-state index is 12.6. The molecular weight excluding hydrogens is 390 g/mol. The van der Waals surface area contributed by atoms with Crippen molar-refractivity contribution in [3.8, 4) is 23.0 Å². The SMILES string of the molecule is CC(C)OC(=O)C(Cc1ccc(O)c(O)c1)N(C)C(=O)C=Cc1ccc(O)c(O)c1. The van der Waals surface area contributed by atoms with Crippen LogP contribution in [-0.2, 0) is 20.7 Å².